The number of benzene rings is 1. The van der Waals surface area contributed by atoms with E-state index in [0.29, 0.717) is 0 Å². The second-order valence-corrected chi connectivity index (χ2v) is 3.03. The van der Waals surface area contributed by atoms with Gasteiger partial charge >= 0.3 is 0 Å². The topological polar surface area (TPSA) is 124 Å². The molecule has 0 saturated carbocycles. The minimum atomic E-state index is -0.802. The number of halogens is 1. The van der Waals surface area contributed by atoms with E-state index in [1.807, 2.05) is 0 Å². The van der Waals surface area contributed by atoms with Gasteiger partial charge in [-0.15, -0.1) is 0 Å². The lowest BCUT2D eigenvalue weighted by Gasteiger charge is -2.05. The zero-order valence-electron chi connectivity index (χ0n) is 7.36. The van der Waals surface area contributed by atoms with Gasteiger partial charge in [-0.25, -0.2) is 0 Å². The van der Waals surface area contributed by atoms with Gasteiger partial charge in [0.05, 0.1) is 9.95 Å². The van der Waals surface area contributed by atoms with Crippen LogP contribution in [0.1, 0.15) is 10.4 Å². The summed E-state index contributed by atoms with van der Waals surface area (Å²) in [6.07, 6.45) is 0. The minimum Gasteiger partial charge on any atom is -0.366 e. The molecule has 0 bridgehead atoms. The number of anilines is 1. The zero-order chi connectivity index (χ0) is 11.6. The van der Waals surface area contributed by atoms with E-state index in [2.05, 4.69) is 5.43 Å². The first-order valence-corrected chi connectivity index (χ1v) is 4.09. The number of primary amides is 1. The highest BCUT2D eigenvalue weighted by Gasteiger charge is 2.19. The molecule has 0 unspecified atom stereocenters. The fourth-order valence-corrected chi connectivity index (χ4v) is 1.29. The molecule has 0 heterocycles. The number of nitro benzene ring substituents is 1. The Bertz CT molecular complexity index is 434. The third-order valence-corrected chi connectivity index (χ3v) is 1.99. The second-order valence-electron chi connectivity index (χ2n) is 2.62. The summed E-state index contributed by atoms with van der Waals surface area (Å²) in [7, 11) is 0. The van der Waals surface area contributed by atoms with Crippen molar-refractivity contribution in [2.24, 2.45) is 11.6 Å². The predicted molar refractivity (Wildman–Crippen MR) is 54.4 cm³/mol. The number of nitrogens with one attached hydrogen (secondary N) is 1. The summed E-state index contributed by atoms with van der Waals surface area (Å²) in [6, 6.07) is 2.20. The van der Waals surface area contributed by atoms with Crippen LogP contribution in [0.25, 0.3) is 0 Å². The van der Waals surface area contributed by atoms with Gasteiger partial charge in [-0.2, -0.15) is 0 Å². The van der Waals surface area contributed by atoms with E-state index >= 15 is 0 Å². The van der Waals surface area contributed by atoms with Crippen LogP contribution in [0.5, 0.6) is 0 Å². The molecule has 5 N–H and O–H groups in total. The number of carbonyl (C=O) groups is 1. The first-order valence-electron chi connectivity index (χ1n) is 3.71. The molecule has 8 heteroatoms. The monoisotopic (exact) mass is 230 g/mol. The van der Waals surface area contributed by atoms with Crippen LogP contribution < -0.4 is 17.0 Å². The van der Waals surface area contributed by atoms with Crippen LogP contribution in [0.3, 0.4) is 0 Å². The molecule has 15 heavy (non-hydrogen) atoms. The lowest BCUT2D eigenvalue weighted by Crippen LogP contribution is -2.14. The van der Waals surface area contributed by atoms with E-state index in [4.69, 9.17) is 23.2 Å². The first-order chi connectivity index (χ1) is 6.97. The molecule has 0 atom stereocenters. The first kappa shape index (κ1) is 11.2. The molecule has 0 radical (unpaired) electrons. The van der Waals surface area contributed by atoms with Gasteiger partial charge in [0, 0.05) is 11.6 Å². The summed E-state index contributed by atoms with van der Waals surface area (Å²) in [6.45, 7) is 0. The molecule has 80 valence electrons. The molecule has 0 aliphatic heterocycles. The fraction of sp³-hybridized carbons (Fsp3) is 0. The van der Waals surface area contributed by atoms with E-state index in [-0.39, 0.29) is 16.3 Å². The smallest absolute Gasteiger partial charge is 0.295 e. The van der Waals surface area contributed by atoms with Gasteiger partial charge in [0.15, 0.2) is 0 Å². The largest absolute Gasteiger partial charge is 0.366 e. The van der Waals surface area contributed by atoms with Crippen LogP contribution in [-0.2, 0) is 0 Å². The van der Waals surface area contributed by atoms with Crippen molar-refractivity contribution in [1.82, 2.24) is 0 Å². The number of nitrogen functional groups attached to an aromatic ring is 1. The highest BCUT2D eigenvalue weighted by molar-refractivity contribution is 6.34. The maximum atomic E-state index is 10.8. The van der Waals surface area contributed by atoms with E-state index in [0.717, 1.165) is 6.07 Å². The van der Waals surface area contributed by atoms with E-state index < -0.39 is 16.5 Å². The van der Waals surface area contributed by atoms with Crippen molar-refractivity contribution in [3.63, 3.8) is 0 Å². The standard InChI is InChI=1S/C7H7ClN4O3/c8-4-1-3(7(9)13)2-5(12(14)15)6(4)11-10/h1-2,11H,10H2,(H2,9,13). The molecule has 0 spiro atoms. The Morgan fingerprint density at radius 1 is 1.53 bits per heavy atom. The van der Waals surface area contributed by atoms with Crippen molar-refractivity contribution in [3.05, 3.63) is 32.8 Å². The normalized spacial score (nSPS) is 9.73. The SMILES string of the molecule is NNc1c(Cl)cc(C(N)=O)cc1[N+](=O)[O-]. The summed E-state index contributed by atoms with van der Waals surface area (Å²) in [5.41, 5.74) is 6.54. The van der Waals surface area contributed by atoms with Crippen molar-refractivity contribution in [2.75, 3.05) is 5.43 Å². The molecule has 0 aliphatic carbocycles. The van der Waals surface area contributed by atoms with Crippen LogP contribution >= 0.6 is 11.6 Å². The second kappa shape index (κ2) is 4.11. The van der Waals surface area contributed by atoms with Gasteiger partial charge in [-0.05, 0) is 6.07 Å². The highest BCUT2D eigenvalue weighted by Crippen LogP contribution is 2.32. The third kappa shape index (κ3) is 2.14. The maximum absolute atomic E-state index is 10.8. The number of amides is 1. The lowest BCUT2D eigenvalue weighted by molar-refractivity contribution is -0.384. The van der Waals surface area contributed by atoms with Crippen molar-refractivity contribution < 1.29 is 9.72 Å². The number of carbonyl (C=O) groups excluding carboxylic acids is 1. The van der Waals surface area contributed by atoms with Crippen molar-refractivity contribution in [3.8, 4) is 0 Å². The summed E-state index contributed by atoms with van der Waals surface area (Å²) in [5.74, 6) is 4.26. The third-order valence-electron chi connectivity index (χ3n) is 1.69. The molecule has 0 aromatic heterocycles. The molecule has 0 saturated heterocycles. The van der Waals surface area contributed by atoms with Crippen LogP contribution in [0.15, 0.2) is 12.1 Å². The number of hydrazine groups is 1. The average Bonchev–Trinajstić information content (AvgIpc) is 2.16. The summed E-state index contributed by atoms with van der Waals surface area (Å²) >= 11 is 5.67. The van der Waals surface area contributed by atoms with Crippen molar-refractivity contribution >= 4 is 28.9 Å². The molecular weight excluding hydrogens is 224 g/mol. The Balaban J connectivity index is 3.45. The van der Waals surface area contributed by atoms with Crippen molar-refractivity contribution in [2.45, 2.75) is 0 Å². The predicted octanol–water partition coefficient (Wildman–Crippen LogP) is 0.633. The maximum Gasteiger partial charge on any atom is 0.295 e. The van der Waals surface area contributed by atoms with Gasteiger partial charge in [-0.3, -0.25) is 20.8 Å². The summed E-state index contributed by atoms with van der Waals surface area (Å²) in [5, 5.41) is 10.6. The number of nitro groups is 1. The minimum absolute atomic E-state index is 0.0412. The van der Waals surface area contributed by atoms with Crippen LogP contribution in [-0.4, -0.2) is 10.8 Å². The number of hydrogen-bond donors (Lipinski definition) is 3. The Morgan fingerprint density at radius 3 is 2.53 bits per heavy atom. The molecule has 1 aromatic carbocycles. The number of nitrogens with zero attached hydrogens (tertiary/aromatic N) is 1. The molecule has 1 amide bonds. The van der Waals surface area contributed by atoms with Gasteiger partial charge in [0.1, 0.15) is 5.69 Å². The quantitative estimate of drug-likeness (QED) is 0.399. The summed E-state index contributed by atoms with van der Waals surface area (Å²) in [4.78, 5) is 20.7. The average molecular weight is 231 g/mol. The van der Waals surface area contributed by atoms with Crippen LogP contribution in [0.2, 0.25) is 5.02 Å². The van der Waals surface area contributed by atoms with Gasteiger partial charge < -0.3 is 11.2 Å². The highest BCUT2D eigenvalue weighted by atomic mass is 35.5. The van der Waals surface area contributed by atoms with Crippen LogP contribution in [0, 0.1) is 10.1 Å². The number of rotatable bonds is 3. The molecule has 1 rings (SSSR count). The van der Waals surface area contributed by atoms with Crippen LogP contribution in [0.4, 0.5) is 11.4 Å². The van der Waals surface area contributed by atoms with Gasteiger partial charge in [0.2, 0.25) is 5.91 Å². The lowest BCUT2D eigenvalue weighted by atomic mass is 10.1. The van der Waals surface area contributed by atoms with E-state index in [1.54, 1.807) is 0 Å². The number of hydrogen-bond acceptors (Lipinski definition) is 5. The molecule has 7 nitrogen and oxygen atoms in total. The fourth-order valence-electron chi connectivity index (χ4n) is 1.02. The molecular formula is C7H7ClN4O3. The zero-order valence-corrected chi connectivity index (χ0v) is 8.12. The summed E-state index contributed by atoms with van der Waals surface area (Å²) < 4.78 is 0. The van der Waals surface area contributed by atoms with Gasteiger partial charge in [-0.1, -0.05) is 11.6 Å². The van der Waals surface area contributed by atoms with E-state index in [1.165, 1.54) is 6.07 Å². The Labute approximate surface area is 89.1 Å². The molecule has 0 aliphatic rings. The van der Waals surface area contributed by atoms with Crippen molar-refractivity contribution in [1.29, 1.82) is 0 Å². The Morgan fingerprint density at radius 2 is 2.13 bits per heavy atom. The number of nitrogens with two attached hydrogens (primary N) is 2. The molecule has 1 aromatic rings. The van der Waals surface area contributed by atoms with E-state index in [9.17, 15) is 14.9 Å². The Hall–Kier alpha value is -1.86. The molecule has 0 fully saturated rings. The Kier molecular flexibility index (Phi) is 3.08. The van der Waals surface area contributed by atoms with Gasteiger partial charge in [0.25, 0.3) is 5.69 Å².